The topological polar surface area (TPSA) is 81.3 Å². The monoisotopic (exact) mass is 488 g/mol. The third kappa shape index (κ3) is 3.47. The van der Waals surface area contributed by atoms with Crippen LogP contribution in [0.15, 0.2) is 40.7 Å². The van der Waals surface area contributed by atoms with Gasteiger partial charge in [-0.05, 0) is 91.5 Å². The average Bonchev–Trinajstić information content (AvgIpc) is 3.16. The van der Waals surface area contributed by atoms with Gasteiger partial charge in [-0.15, -0.1) is 0 Å². The van der Waals surface area contributed by atoms with Crippen LogP contribution in [0.25, 0.3) is 11.3 Å². The third-order valence-electron chi connectivity index (χ3n) is 10.2. The van der Waals surface area contributed by atoms with Gasteiger partial charge in [0.2, 0.25) is 0 Å². The first-order chi connectivity index (χ1) is 17.2. The molecule has 6 rings (SSSR count). The molecule has 0 aliphatic heterocycles. The highest BCUT2D eigenvalue weighted by Crippen LogP contribution is 2.64. The molecule has 0 unspecified atom stereocenters. The number of H-pyrrole nitrogens is 1. The van der Waals surface area contributed by atoms with Gasteiger partial charge >= 0.3 is 11.7 Å². The third-order valence-corrected chi connectivity index (χ3v) is 10.2. The van der Waals surface area contributed by atoms with Gasteiger partial charge in [-0.25, -0.2) is 4.79 Å². The summed E-state index contributed by atoms with van der Waals surface area (Å²) >= 11 is 0. The molecular weight excluding hydrogens is 452 g/mol. The predicted octanol–water partition coefficient (Wildman–Crippen LogP) is 5.35. The summed E-state index contributed by atoms with van der Waals surface area (Å²) in [5, 5.41) is 0. The van der Waals surface area contributed by atoms with Crippen LogP contribution >= 0.6 is 0 Å². The molecule has 0 radical (unpaired) electrons. The summed E-state index contributed by atoms with van der Waals surface area (Å²) in [7, 11) is 1.66. The van der Waals surface area contributed by atoms with E-state index in [1.807, 2.05) is 24.3 Å². The van der Waals surface area contributed by atoms with E-state index in [-0.39, 0.29) is 28.6 Å². The fraction of sp³-hybridized carbons (Fsp3) is 0.567. The Morgan fingerprint density at radius 3 is 2.53 bits per heavy atom. The van der Waals surface area contributed by atoms with Gasteiger partial charge in [0, 0.05) is 30.0 Å². The number of hydrogen-bond acceptors (Lipinski definition) is 5. The summed E-state index contributed by atoms with van der Waals surface area (Å²) in [6.07, 6.45) is 9.62. The molecule has 4 aliphatic rings. The number of ether oxygens (including phenoxy) is 2. The molecule has 0 amide bonds. The van der Waals surface area contributed by atoms with Gasteiger partial charge in [-0.3, -0.25) is 4.79 Å². The number of fused-ring (bicyclic) bond motifs is 7. The van der Waals surface area contributed by atoms with Gasteiger partial charge < -0.3 is 14.5 Å². The molecule has 1 heterocycles. The minimum Gasteiger partial charge on any atom is -0.497 e. The summed E-state index contributed by atoms with van der Waals surface area (Å²) in [6, 6.07) is 7.88. The Hall–Kier alpha value is -2.89. The maximum atomic E-state index is 12.8. The molecule has 4 aliphatic carbocycles. The van der Waals surface area contributed by atoms with Crippen molar-refractivity contribution < 1.29 is 14.3 Å². The van der Waals surface area contributed by atoms with Crippen LogP contribution in [0.3, 0.4) is 0 Å². The molecule has 2 aromatic rings. The van der Waals surface area contributed by atoms with Crippen LogP contribution in [-0.2, 0) is 21.4 Å². The molecule has 36 heavy (non-hydrogen) atoms. The first-order valence-electron chi connectivity index (χ1n) is 13.4. The van der Waals surface area contributed by atoms with E-state index in [1.165, 1.54) is 18.1 Å². The van der Waals surface area contributed by atoms with Crippen molar-refractivity contribution in [3.8, 4) is 17.0 Å². The first-order valence-corrected chi connectivity index (χ1v) is 13.4. The molecule has 0 spiro atoms. The zero-order valence-corrected chi connectivity index (χ0v) is 21.7. The molecule has 2 saturated carbocycles. The maximum Gasteiger partial charge on any atom is 0.345 e. The molecule has 1 aromatic carbocycles. The van der Waals surface area contributed by atoms with E-state index in [0.717, 1.165) is 67.6 Å². The van der Waals surface area contributed by atoms with E-state index in [1.54, 1.807) is 7.11 Å². The zero-order valence-electron chi connectivity index (χ0n) is 21.7. The number of esters is 1. The Labute approximate surface area is 212 Å². The fourth-order valence-corrected chi connectivity index (χ4v) is 8.36. The summed E-state index contributed by atoms with van der Waals surface area (Å²) in [5.74, 6) is 2.29. The van der Waals surface area contributed by atoms with Crippen molar-refractivity contribution in [2.75, 3.05) is 7.11 Å². The van der Waals surface area contributed by atoms with Gasteiger partial charge in [0.25, 0.3) is 0 Å². The minimum atomic E-state index is -0.259. The van der Waals surface area contributed by atoms with Gasteiger partial charge in [0.15, 0.2) is 0 Å². The molecule has 6 atom stereocenters. The second kappa shape index (κ2) is 8.32. The SMILES string of the molecule is COc1ccc(-c2nc(=O)[nH]c3c2C[C@H]2[C@@H]4CC=C5C[C@@H](OC(C)=O)CC[C@]5(C)[C@H]4CC[C@]32C)cc1. The van der Waals surface area contributed by atoms with Crippen LogP contribution in [0.1, 0.15) is 70.6 Å². The molecule has 190 valence electrons. The van der Waals surface area contributed by atoms with Crippen molar-refractivity contribution >= 4 is 5.97 Å². The van der Waals surface area contributed by atoms with Crippen LogP contribution in [0.4, 0.5) is 0 Å². The van der Waals surface area contributed by atoms with E-state index < -0.39 is 0 Å². The van der Waals surface area contributed by atoms with E-state index in [4.69, 9.17) is 9.47 Å². The van der Waals surface area contributed by atoms with Crippen LogP contribution < -0.4 is 10.4 Å². The van der Waals surface area contributed by atoms with E-state index in [9.17, 15) is 9.59 Å². The lowest BCUT2D eigenvalue weighted by Gasteiger charge is -2.57. The maximum absolute atomic E-state index is 12.8. The molecule has 1 N–H and O–H groups in total. The summed E-state index contributed by atoms with van der Waals surface area (Å²) in [5.41, 5.74) is 5.47. The Morgan fingerprint density at radius 2 is 1.81 bits per heavy atom. The number of allylic oxidation sites excluding steroid dienone is 1. The van der Waals surface area contributed by atoms with Gasteiger partial charge in [0.05, 0.1) is 12.8 Å². The summed E-state index contributed by atoms with van der Waals surface area (Å²) in [6.45, 7) is 6.33. The minimum absolute atomic E-state index is 0.0196. The van der Waals surface area contributed by atoms with Crippen LogP contribution in [0, 0.1) is 23.2 Å². The number of methoxy groups -OCH3 is 1. The van der Waals surface area contributed by atoms with Crippen LogP contribution in [-0.4, -0.2) is 29.2 Å². The Balaban J connectivity index is 1.35. The highest BCUT2D eigenvalue weighted by Gasteiger charge is 2.58. The standard InChI is InChI=1S/C30H36N2O4/c1-17(33)36-21-11-13-29(2)19(15-21)7-10-22-24(29)12-14-30(3)25(22)16-23-26(31-28(34)32-27(23)30)18-5-8-20(35-4)9-6-18/h5-9,21-22,24-25H,10-16H2,1-4H3,(H,31,32,34)/t21-,22+,24-,25-,29-,30-/m0/s1. The van der Waals surface area contributed by atoms with Crippen molar-refractivity contribution in [2.24, 2.45) is 23.2 Å². The summed E-state index contributed by atoms with van der Waals surface area (Å²) in [4.78, 5) is 32.0. The van der Waals surface area contributed by atoms with Crippen molar-refractivity contribution in [1.82, 2.24) is 9.97 Å². The number of nitrogens with zero attached hydrogens (tertiary/aromatic N) is 1. The highest BCUT2D eigenvalue weighted by molar-refractivity contribution is 5.67. The van der Waals surface area contributed by atoms with Crippen molar-refractivity contribution in [3.05, 3.63) is 57.7 Å². The molecule has 6 nitrogen and oxygen atoms in total. The fourth-order valence-electron chi connectivity index (χ4n) is 8.36. The molecule has 0 saturated heterocycles. The van der Waals surface area contributed by atoms with Crippen molar-refractivity contribution in [3.63, 3.8) is 0 Å². The predicted molar refractivity (Wildman–Crippen MR) is 138 cm³/mol. The number of carbonyl (C=O) groups is 1. The summed E-state index contributed by atoms with van der Waals surface area (Å²) < 4.78 is 10.9. The number of aromatic amines is 1. The Morgan fingerprint density at radius 1 is 1.06 bits per heavy atom. The van der Waals surface area contributed by atoms with Gasteiger partial charge in [-0.1, -0.05) is 25.5 Å². The molecular formula is C30H36N2O4. The smallest absolute Gasteiger partial charge is 0.345 e. The molecule has 0 bridgehead atoms. The highest BCUT2D eigenvalue weighted by atomic mass is 16.5. The van der Waals surface area contributed by atoms with Crippen molar-refractivity contribution in [1.29, 1.82) is 0 Å². The first kappa shape index (κ1) is 23.5. The molecule has 1 aromatic heterocycles. The largest absolute Gasteiger partial charge is 0.497 e. The Bertz CT molecular complexity index is 1300. The number of carbonyl (C=O) groups excluding carboxylic acids is 1. The lowest BCUT2D eigenvalue weighted by atomic mass is 9.48. The van der Waals surface area contributed by atoms with E-state index >= 15 is 0 Å². The van der Waals surface area contributed by atoms with E-state index in [2.05, 4.69) is 29.9 Å². The average molecular weight is 489 g/mol. The van der Waals surface area contributed by atoms with Crippen LogP contribution in [0.5, 0.6) is 5.75 Å². The van der Waals surface area contributed by atoms with Gasteiger partial charge in [0.1, 0.15) is 11.9 Å². The zero-order chi connectivity index (χ0) is 25.2. The normalized spacial score (nSPS) is 34.5. The van der Waals surface area contributed by atoms with Crippen molar-refractivity contribution in [2.45, 2.75) is 77.2 Å². The quantitative estimate of drug-likeness (QED) is 0.465. The molecule has 2 fully saturated rings. The number of benzene rings is 1. The number of aromatic nitrogens is 2. The Kier molecular flexibility index (Phi) is 5.43. The number of nitrogens with one attached hydrogen (secondary N) is 1. The number of rotatable bonds is 3. The van der Waals surface area contributed by atoms with E-state index in [0.29, 0.717) is 17.8 Å². The number of hydrogen-bond donors (Lipinski definition) is 1. The lowest BCUT2D eigenvalue weighted by Crippen LogP contribution is -2.51. The second-order valence-corrected chi connectivity index (χ2v) is 11.9. The second-order valence-electron chi connectivity index (χ2n) is 11.9. The van der Waals surface area contributed by atoms with Gasteiger partial charge in [-0.2, -0.15) is 4.98 Å². The lowest BCUT2D eigenvalue weighted by molar-refractivity contribution is -0.148. The molecule has 6 heteroatoms. The van der Waals surface area contributed by atoms with Crippen LogP contribution in [0.2, 0.25) is 0 Å².